The maximum absolute atomic E-state index is 6.09. The second-order valence-electron chi connectivity index (χ2n) is 3.84. The van der Waals surface area contributed by atoms with Gasteiger partial charge in [-0.3, -0.25) is 0 Å². The molecule has 2 rings (SSSR count). The molecule has 2 N–H and O–H groups in total. The van der Waals surface area contributed by atoms with Crippen LogP contribution >= 0.6 is 23.2 Å². The number of nitrogens with two attached hydrogens (primary N) is 1. The van der Waals surface area contributed by atoms with Gasteiger partial charge in [0.2, 0.25) is 0 Å². The molecule has 1 aromatic carbocycles. The van der Waals surface area contributed by atoms with E-state index >= 15 is 0 Å². The third kappa shape index (κ3) is 2.77. The van der Waals surface area contributed by atoms with Crippen molar-refractivity contribution in [1.29, 1.82) is 0 Å². The minimum Gasteiger partial charge on any atom is -0.323 e. The highest BCUT2D eigenvalue weighted by molar-refractivity contribution is 6.42. The Morgan fingerprint density at radius 3 is 2.82 bits per heavy atom. The number of aromatic nitrogens is 3. The fourth-order valence-electron chi connectivity index (χ4n) is 1.44. The number of rotatable bonds is 3. The van der Waals surface area contributed by atoms with Gasteiger partial charge in [-0.05, 0) is 18.6 Å². The van der Waals surface area contributed by atoms with Gasteiger partial charge >= 0.3 is 0 Å². The number of halogens is 2. The molecule has 1 aromatic heterocycles. The predicted octanol–water partition coefficient (Wildman–Crippen LogP) is 2.65. The van der Waals surface area contributed by atoms with E-state index in [-0.39, 0.29) is 6.04 Å². The summed E-state index contributed by atoms with van der Waals surface area (Å²) in [5, 5.41) is 9.05. The maximum Gasteiger partial charge on any atom is 0.0991 e. The van der Waals surface area contributed by atoms with Crippen molar-refractivity contribution < 1.29 is 0 Å². The lowest BCUT2D eigenvalue weighted by Gasteiger charge is -2.05. The highest BCUT2D eigenvalue weighted by atomic mass is 35.5. The summed E-state index contributed by atoms with van der Waals surface area (Å²) in [7, 11) is 0. The first-order valence-corrected chi connectivity index (χ1v) is 5.92. The molecule has 0 amide bonds. The standard InChI is InChI=1S/C11H12Cl2N4/c1-7(14)10-6-17(16-15-10)5-8-3-2-4-9(12)11(8)13/h2-4,6-7H,5,14H2,1H3. The van der Waals surface area contributed by atoms with Crippen LogP contribution in [0.4, 0.5) is 0 Å². The van der Waals surface area contributed by atoms with Crippen molar-refractivity contribution in [2.24, 2.45) is 5.73 Å². The van der Waals surface area contributed by atoms with Gasteiger partial charge in [0.05, 0.1) is 28.5 Å². The minimum absolute atomic E-state index is 0.126. The van der Waals surface area contributed by atoms with Gasteiger partial charge in [0.1, 0.15) is 0 Å². The zero-order chi connectivity index (χ0) is 12.4. The van der Waals surface area contributed by atoms with E-state index in [0.29, 0.717) is 16.6 Å². The van der Waals surface area contributed by atoms with Gasteiger partial charge in [-0.25, -0.2) is 4.68 Å². The van der Waals surface area contributed by atoms with Crippen LogP contribution in [0.5, 0.6) is 0 Å². The van der Waals surface area contributed by atoms with Gasteiger partial charge in [-0.1, -0.05) is 40.5 Å². The van der Waals surface area contributed by atoms with Crippen molar-refractivity contribution in [3.8, 4) is 0 Å². The zero-order valence-corrected chi connectivity index (χ0v) is 10.8. The van der Waals surface area contributed by atoms with Gasteiger partial charge in [0, 0.05) is 6.04 Å². The summed E-state index contributed by atoms with van der Waals surface area (Å²) in [5.74, 6) is 0. The Hall–Kier alpha value is -1.10. The lowest BCUT2D eigenvalue weighted by Crippen LogP contribution is -2.05. The smallest absolute Gasteiger partial charge is 0.0991 e. The highest BCUT2D eigenvalue weighted by Crippen LogP contribution is 2.25. The minimum atomic E-state index is -0.126. The summed E-state index contributed by atoms with van der Waals surface area (Å²) in [6.07, 6.45) is 1.81. The van der Waals surface area contributed by atoms with Crippen LogP contribution in [0.3, 0.4) is 0 Å². The summed E-state index contributed by atoms with van der Waals surface area (Å²) in [6, 6.07) is 5.38. The molecule has 0 aliphatic heterocycles. The Morgan fingerprint density at radius 2 is 2.18 bits per heavy atom. The molecule has 0 spiro atoms. The first-order valence-electron chi connectivity index (χ1n) is 5.16. The number of hydrogen-bond donors (Lipinski definition) is 1. The highest BCUT2D eigenvalue weighted by Gasteiger charge is 2.08. The molecule has 2 aromatic rings. The molecule has 0 aliphatic carbocycles. The molecule has 0 radical (unpaired) electrons. The number of benzene rings is 1. The summed E-state index contributed by atoms with van der Waals surface area (Å²) >= 11 is 12.0. The predicted molar refractivity (Wildman–Crippen MR) is 68.2 cm³/mol. The fraction of sp³-hybridized carbons (Fsp3) is 0.273. The van der Waals surface area contributed by atoms with E-state index < -0.39 is 0 Å². The van der Waals surface area contributed by atoms with Crippen LogP contribution < -0.4 is 5.73 Å². The molecule has 1 unspecified atom stereocenters. The molecule has 0 saturated heterocycles. The van der Waals surface area contributed by atoms with E-state index in [1.807, 2.05) is 25.3 Å². The van der Waals surface area contributed by atoms with E-state index in [0.717, 1.165) is 11.3 Å². The third-order valence-corrected chi connectivity index (χ3v) is 3.24. The Labute approximate surface area is 109 Å². The molecule has 0 saturated carbocycles. The van der Waals surface area contributed by atoms with Crippen molar-refractivity contribution in [2.75, 3.05) is 0 Å². The van der Waals surface area contributed by atoms with Gasteiger partial charge in [-0.2, -0.15) is 0 Å². The molecule has 0 fully saturated rings. The maximum atomic E-state index is 6.09. The van der Waals surface area contributed by atoms with Crippen LogP contribution in [-0.2, 0) is 6.54 Å². The largest absolute Gasteiger partial charge is 0.323 e. The molecular weight excluding hydrogens is 259 g/mol. The first-order chi connectivity index (χ1) is 8.08. The monoisotopic (exact) mass is 270 g/mol. The van der Waals surface area contributed by atoms with E-state index in [1.165, 1.54) is 0 Å². The van der Waals surface area contributed by atoms with Crippen molar-refractivity contribution in [3.05, 3.63) is 45.7 Å². The van der Waals surface area contributed by atoms with Crippen molar-refractivity contribution in [1.82, 2.24) is 15.0 Å². The summed E-state index contributed by atoms with van der Waals surface area (Å²) in [6.45, 7) is 2.39. The summed E-state index contributed by atoms with van der Waals surface area (Å²) in [5.41, 5.74) is 7.37. The van der Waals surface area contributed by atoms with E-state index in [1.54, 1.807) is 10.7 Å². The number of hydrogen-bond acceptors (Lipinski definition) is 3. The third-order valence-electron chi connectivity index (χ3n) is 2.39. The average molecular weight is 271 g/mol. The Morgan fingerprint density at radius 1 is 1.41 bits per heavy atom. The first kappa shape index (κ1) is 12.4. The molecular formula is C11H12Cl2N4. The average Bonchev–Trinajstić information content (AvgIpc) is 2.73. The molecule has 6 heteroatoms. The van der Waals surface area contributed by atoms with E-state index in [4.69, 9.17) is 28.9 Å². The van der Waals surface area contributed by atoms with Crippen LogP contribution in [0.1, 0.15) is 24.2 Å². The Kier molecular flexibility index (Phi) is 3.66. The quantitative estimate of drug-likeness (QED) is 0.933. The molecule has 17 heavy (non-hydrogen) atoms. The second kappa shape index (κ2) is 5.04. The SMILES string of the molecule is CC(N)c1cn(Cc2cccc(Cl)c2Cl)nn1. The van der Waals surface area contributed by atoms with Crippen LogP contribution in [-0.4, -0.2) is 15.0 Å². The fourth-order valence-corrected chi connectivity index (χ4v) is 1.82. The van der Waals surface area contributed by atoms with Gasteiger partial charge in [-0.15, -0.1) is 5.10 Å². The molecule has 0 aliphatic rings. The summed E-state index contributed by atoms with van der Waals surface area (Å²) in [4.78, 5) is 0. The van der Waals surface area contributed by atoms with Crippen molar-refractivity contribution in [2.45, 2.75) is 19.5 Å². The van der Waals surface area contributed by atoms with Crippen molar-refractivity contribution in [3.63, 3.8) is 0 Å². The van der Waals surface area contributed by atoms with Crippen LogP contribution in [0, 0.1) is 0 Å². The molecule has 1 heterocycles. The van der Waals surface area contributed by atoms with E-state index in [9.17, 15) is 0 Å². The lowest BCUT2D eigenvalue weighted by molar-refractivity contribution is 0.648. The molecule has 90 valence electrons. The molecule has 0 bridgehead atoms. The lowest BCUT2D eigenvalue weighted by atomic mass is 10.2. The molecule has 4 nitrogen and oxygen atoms in total. The van der Waals surface area contributed by atoms with Crippen LogP contribution in [0.15, 0.2) is 24.4 Å². The van der Waals surface area contributed by atoms with Gasteiger partial charge in [0.15, 0.2) is 0 Å². The Balaban J connectivity index is 2.22. The summed E-state index contributed by atoms with van der Waals surface area (Å²) < 4.78 is 1.69. The number of nitrogens with zero attached hydrogens (tertiary/aromatic N) is 3. The topological polar surface area (TPSA) is 56.7 Å². The van der Waals surface area contributed by atoms with Gasteiger partial charge < -0.3 is 5.73 Å². The van der Waals surface area contributed by atoms with Crippen LogP contribution in [0.25, 0.3) is 0 Å². The zero-order valence-electron chi connectivity index (χ0n) is 9.27. The normalized spacial score (nSPS) is 12.7. The van der Waals surface area contributed by atoms with Gasteiger partial charge in [0.25, 0.3) is 0 Å². The van der Waals surface area contributed by atoms with Crippen molar-refractivity contribution >= 4 is 23.2 Å². The molecule has 1 atom stereocenters. The Bertz CT molecular complexity index is 522. The van der Waals surface area contributed by atoms with E-state index in [2.05, 4.69) is 10.3 Å². The van der Waals surface area contributed by atoms with Crippen LogP contribution in [0.2, 0.25) is 10.0 Å². The second-order valence-corrected chi connectivity index (χ2v) is 4.63.